The molecule has 120 valence electrons. The van der Waals surface area contributed by atoms with Crippen molar-refractivity contribution in [2.45, 2.75) is 26.7 Å². The van der Waals surface area contributed by atoms with E-state index < -0.39 is 5.97 Å². The molecule has 0 heterocycles. The monoisotopic (exact) mass is 311 g/mol. The van der Waals surface area contributed by atoms with Gasteiger partial charge in [-0.15, -0.1) is 0 Å². The SMILES string of the molecule is CCCC(=O)Nc1cc(C)c(-c2ccccc2)cc1C(=O)OC. The number of benzene rings is 2. The van der Waals surface area contributed by atoms with Crippen LogP contribution in [0.3, 0.4) is 0 Å². The number of aryl methyl sites for hydroxylation is 1. The minimum atomic E-state index is -0.464. The fraction of sp³-hybridized carbons (Fsp3) is 0.263. The summed E-state index contributed by atoms with van der Waals surface area (Å²) in [5.41, 5.74) is 3.80. The Kier molecular flexibility index (Phi) is 5.52. The summed E-state index contributed by atoms with van der Waals surface area (Å²) in [4.78, 5) is 24.0. The van der Waals surface area contributed by atoms with Gasteiger partial charge in [-0.25, -0.2) is 4.79 Å². The topological polar surface area (TPSA) is 55.4 Å². The Morgan fingerprint density at radius 2 is 1.83 bits per heavy atom. The molecule has 23 heavy (non-hydrogen) atoms. The number of nitrogens with one attached hydrogen (secondary N) is 1. The first-order valence-electron chi connectivity index (χ1n) is 7.65. The van der Waals surface area contributed by atoms with Crippen LogP contribution < -0.4 is 5.32 Å². The van der Waals surface area contributed by atoms with Crippen molar-refractivity contribution in [3.63, 3.8) is 0 Å². The Balaban J connectivity index is 2.49. The maximum absolute atomic E-state index is 12.1. The number of carbonyl (C=O) groups is 2. The Bertz CT molecular complexity index is 708. The van der Waals surface area contributed by atoms with E-state index in [0.29, 0.717) is 17.7 Å². The van der Waals surface area contributed by atoms with Crippen LogP contribution in [0.1, 0.15) is 35.7 Å². The number of anilines is 1. The van der Waals surface area contributed by atoms with E-state index in [4.69, 9.17) is 4.74 Å². The lowest BCUT2D eigenvalue weighted by Gasteiger charge is -2.14. The van der Waals surface area contributed by atoms with E-state index in [-0.39, 0.29) is 5.91 Å². The molecule has 2 rings (SSSR count). The summed E-state index contributed by atoms with van der Waals surface area (Å²) >= 11 is 0. The highest BCUT2D eigenvalue weighted by Crippen LogP contribution is 2.30. The molecule has 0 aliphatic carbocycles. The summed E-state index contributed by atoms with van der Waals surface area (Å²) in [6.07, 6.45) is 1.17. The number of hydrogen-bond acceptors (Lipinski definition) is 3. The van der Waals surface area contributed by atoms with Crippen molar-refractivity contribution in [3.8, 4) is 11.1 Å². The van der Waals surface area contributed by atoms with Gasteiger partial charge in [0.25, 0.3) is 0 Å². The molecule has 1 amide bonds. The van der Waals surface area contributed by atoms with E-state index >= 15 is 0 Å². The molecule has 0 atom stereocenters. The molecule has 2 aromatic carbocycles. The molecule has 0 unspecified atom stereocenters. The Labute approximate surface area is 136 Å². The van der Waals surface area contributed by atoms with Gasteiger partial charge in [-0.1, -0.05) is 37.3 Å². The van der Waals surface area contributed by atoms with Crippen molar-refractivity contribution in [3.05, 3.63) is 53.6 Å². The van der Waals surface area contributed by atoms with E-state index in [2.05, 4.69) is 5.32 Å². The van der Waals surface area contributed by atoms with Crippen LogP contribution in [0.4, 0.5) is 5.69 Å². The molecule has 0 fully saturated rings. The summed E-state index contributed by atoms with van der Waals surface area (Å²) in [7, 11) is 1.34. The van der Waals surface area contributed by atoms with Crippen molar-refractivity contribution < 1.29 is 14.3 Å². The molecular formula is C19H21NO3. The van der Waals surface area contributed by atoms with Gasteiger partial charge in [0.15, 0.2) is 0 Å². The number of hydrogen-bond donors (Lipinski definition) is 1. The molecule has 1 N–H and O–H groups in total. The van der Waals surface area contributed by atoms with Gasteiger partial charge in [0, 0.05) is 6.42 Å². The van der Waals surface area contributed by atoms with Crippen LogP contribution in [0, 0.1) is 6.92 Å². The summed E-state index contributed by atoms with van der Waals surface area (Å²) < 4.78 is 4.86. The first-order chi connectivity index (χ1) is 11.1. The minimum absolute atomic E-state index is 0.107. The largest absolute Gasteiger partial charge is 0.465 e. The molecule has 0 radical (unpaired) electrons. The van der Waals surface area contributed by atoms with Crippen molar-refractivity contribution in [1.29, 1.82) is 0 Å². The first kappa shape index (κ1) is 16.7. The second-order valence-corrected chi connectivity index (χ2v) is 5.37. The number of ether oxygens (including phenoxy) is 1. The zero-order valence-corrected chi connectivity index (χ0v) is 13.7. The zero-order valence-electron chi connectivity index (χ0n) is 13.7. The van der Waals surface area contributed by atoms with Crippen LogP contribution in [-0.2, 0) is 9.53 Å². The number of carbonyl (C=O) groups excluding carboxylic acids is 2. The van der Waals surface area contributed by atoms with Gasteiger partial charge in [-0.3, -0.25) is 4.79 Å². The molecular weight excluding hydrogens is 290 g/mol. The molecule has 0 aliphatic rings. The van der Waals surface area contributed by atoms with Gasteiger partial charge in [-0.2, -0.15) is 0 Å². The van der Waals surface area contributed by atoms with Crippen LogP contribution in [-0.4, -0.2) is 19.0 Å². The van der Waals surface area contributed by atoms with Crippen molar-refractivity contribution >= 4 is 17.6 Å². The average molecular weight is 311 g/mol. The average Bonchev–Trinajstić information content (AvgIpc) is 2.55. The molecule has 0 saturated heterocycles. The van der Waals surface area contributed by atoms with Crippen LogP contribution in [0.25, 0.3) is 11.1 Å². The van der Waals surface area contributed by atoms with Crippen LogP contribution in [0.15, 0.2) is 42.5 Å². The van der Waals surface area contributed by atoms with Crippen LogP contribution >= 0.6 is 0 Å². The zero-order chi connectivity index (χ0) is 16.8. The van der Waals surface area contributed by atoms with Crippen molar-refractivity contribution in [1.82, 2.24) is 0 Å². The van der Waals surface area contributed by atoms with E-state index in [9.17, 15) is 9.59 Å². The lowest BCUT2D eigenvalue weighted by Crippen LogP contribution is -2.15. The van der Waals surface area contributed by atoms with E-state index in [0.717, 1.165) is 23.1 Å². The maximum atomic E-state index is 12.1. The summed E-state index contributed by atoms with van der Waals surface area (Å²) in [5, 5.41) is 2.81. The number of methoxy groups -OCH3 is 1. The molecule has 0 spiro atoms. The summed E-state index contributed by atoms with van der Waals surface area (Å²) in [6.45, 7) is 3.89. The first-order valence-corrected chi connectivity index (χ1v) is 7.65. The molecule has 0 aromatic heterocycles. The molecule has 0 bridgehead atoms. The van der Waals surface area contributed by atoms with Gasteiger partial charge >= 0.3 is 5.97 Å². The van der Waals surface area contributed by atoms with Crippen LogP contribution in [0.2, 0.25) is 0 Å². The van der Waals surface area contributed by atoms with Gasteiger partial charge < -0.3 is 10.1 Å². The quantitative estimate of drug-likeness (QED) is 0.842. The standard InChI is InChI=1S/C19H21NO3/c1-4-8-18(21)20-17-11-13(2)15(12-16(17)19(22)23-3)14-9-6-5-7-10-14/h5-7,9-12H,4,8H2,1-3H3,(H,20,21). The Morgan fingerprint density at radius 1 is 1.13 bits per heavy atom. The van der Waals surface area contributed by atoms with Crippen molar-refractivity contribution in [2.75, 3.05) is 12.4 Å². The van der Waals surface area contributed by atoms with E-state index in [1.165, 1.54) is 7.11 Å². The summed E-state index contributed by atoms with van der Waals surface area (Å²) in [5.74, 6) is -0.571. The predicted octanol–water partition coefficient (Wildman–Crippen LogP) is 4.19. The fourth-order valence-electron chi connectivity index (χ4n) is 2.46. The van der Waals surface area contributed by atoms with Crippen molar-refractivity contribution in [2.24, 2.45) is 0 Å². The highest BCUT2D eigenvalue weighted by molar-refractivity contribution is 6.02. The molecule has 2 aromatic rings. The lowest BCUT2D eigenvalue weighted by molar-refractivity contribution is -0.116. The van der Waals surface area contributed by atoms with Gasteiger partial charge in [0.05, 0.1) is 18.4 Å². The van der Waals surface area contributed by atoms with Gasteiger partial charge in [0.2, 0.25) is 5.91 Å². The highest BCUT2D eigenvalue weighted by atomic mass is 16.5. The third-order valence-corrected chi connectivity index (χ3v) is 3.61. The van der Waals surface area contributed by atoms with Gasteiger partial charge in [-0.05, 0) is 42.2 Å². The molecule has 4 heteroatoms. The minimum Gasteiger partial charge on any atom is -0.465 e. The number of rotatable bonds is 5. The van der Waals surface area contributed by atoms with Crippen LogP contribution in [0.5, 0.6) is 0 Å². The third-order valence-electron chi connectivity index (χ3n) is 3.61. The Hall–Kier alpha value is -2.62. The van der Waals surface area contributed by atoms with E-state index in [1.54, 1.807) is 6.07 Å². The molecule has 0 aliphatic heterocycles. The second kappa shape index (κ2) is 7.58. The maximum Gasteiger partial charge on any atom is 0.339 e. The Morgan fingerprint density at radius 3 is 2.43 bits per heavy atom. The molecule has 0 saturated carbocycles. The summed E-state index contributed by atoms with van der Waals surface area (Å²) in [6, 6.07) is 13.4. The lowest BCUT2D eigenvalue weighted by atomic mass is 9.96. The normalized spacial score (nSPS) is 10.2. The third kappa shape index (κ3) is 3.97. The highest BCUT2D eigenvalue weighted by Gasteiger charge is 2.17. The second-order valence-electron chi connectivity index (χ2n) is 5.37. The predicted molar refractivity (Wildman–Crippen MR) is 91.5 cm³/mol. The number of amides is 1. The van der Waals surface area contributed by atoms with Gasteiger partial charge in [0.1, 0.15) is 0 Å². The molecule has 4 nitrogen and oxygen atoms in total. The number of esters is 1. The fourth-order valence-corrected chi connectivity index (χ4v) is 2.46. The smallest absolute Gasteiger partial charge is 0.339 e. The van der Waals surface area contributed by atoms with E-state index in [1.807, 2.05) is 50.2 Å².